The fourth-order valence-electron chi connectivity index (χ4n) is 3.23. The number of carbonyl (C=O) groups excluding carboxylic acids is 2. The fourth-order valence-corrected chi connectivity index (χ4v) is 4.22. The highest BCUT2D eigenvalue weighted by atomic mass is 35.5. The summed E-state index contributed by atoms with van der Waals surface area (Å²) < 4.78 is 2.06. The molecule has 3 rings (SSSR count). The zero-order chi connectivity index (χ0) is 22.2. The molecular formula is C23H27ClN4O2S. The Balaban J connectivity index is 1.73. The molecule has 0 aliphatic carbocycles. The standard InChI is InChI=1S/C23H27ClN4O2S/c1-3-11-25-22(29)20-16-31-21(26-20)15-27-13-7-8-17(27)14-28(12-4-2)23(30)18-9-5-6-10-19(18)24/h5-10,13,16H,3-4,11-12,14-15H2,1-2H3,(H,25,29). The monoisotopic (exact) mass is 458 g/mol. The van der Waals surface area contributed by atoms with E-state index >= 15 is 0 Å². The molecule has 0 atom stereocenters. The summed E-state index contributed by atoms with van der Waals surface area (Å²) in [6.45, 7) is 6.36. The van der Waals surface area contributed by atoms with E-state index in [9.17, 15) is 9.59 Å². The first-order valence-electron chi connectivity index (χ1n) is 10.4. The summed E-state index contributed by atoms with van der Waals surface area (Å²) in [5.41, 5.74) is 1.96. The molecule has 0 saturated heterocycles. The van der Waals surface area contributed by atoms with E-state index < -0.39 is 0 Å². The molecule has 1 N–H and O–H groups in total. The van der Waals surface area contributed by atoms with Crippen LogP contribution in [0.3, 0.4) is 0 Å². The van der Waals surface area contributed by atoms with Crippen molar-refractivity contribution in [2.75, 3.05) is 13.1 Å². The summed E-state index contributed by atoms with van der Waals surface area (Å²) in [6.07, 6.45) is 3.70. The number of carbonyl (C=O) groups is 2. The summed E-state index contributed by atoms with van der Waals surface area (Å²) >= 11 is 7.71. The van der Waals surface area contributed by atoms with Gasteiger partial charge >= 0.3 is 0 Å². The lowest BCUT2D eigenvalue weighted by Crippen LogP contribution is -2.32. The Bertz CT molecular complexity index is 1030. The third-order valence-corrected chi connectivity index (χ3v) is 5.95. The van der Waals surface area contributed by atoms with Gasteiger partial charge in [-0.3, -0.25) is 9.59 Å². The van der Waals surface area contributed by atoms with Gasteiger partial charge in [0.25, 0.3) is 11.8 Å². The average Bonchev–Trinajstić information content (AvgIpc) is 3.41. The van der Waals surface area contributed by atoms with E-state index in [4.69, 9.17) is 11.6 Å². The van der Waals surface area contributed by atoms with E-state index in [0.717, 1.165) is 23.5 Å². The Hall–Kier alpha value is -2.64. The molecular weight excluding hydrogens is 432 g/mol. The molecule has 0 aliphatic rings. The van der Waals surface area contributed by atoms with Gasteiger partial charge < -0.3 is 14.8 Å². The second-order valence-corrected chi connectivity index (χ2v) is 8.57. The summed E-state index contributed by atoms with van der Waals surface area (Å²) in [5.74, 6) is -0.221. The maximum absolute atomic E-state index is 13.1. The number of hydrogen-bond acceptors (Lipinski definition) is 4. The van der Waals surface area contributed by atoms with E-state index in [1.54, 1.807) is 17.5 Å². The van der Waals surface area contributed by atoms with E-state index in [-0.39, 0.29) is 11.8 Å². The van der Waals surface area contributed by atoms with Gasteiger partial charge in [-0.2, -0.15) is 0 Å². The van der Waals surface area contributed by atoms with E-state index in [1.165, 1.54) is 11.3 Å². The Morgan fingerprint density at radius 2 is 1.97 bits per heavy atom. The zero-order valence-electron chi connectivity index (χ0n) is 17.8. The molecule has 0 bridgehead atoms. The maximum Gasteiger partial charge on any atom is 0.270 e. The molecule has 0 saturated carbocycles. The van der Waals surface area contributed by atoms with Crippen molar-refractivity contribution in [2.45, 2.75) is 39.8 Å². The lowest BCUT2D eigenvalue weighted by atomic mass is 10.2. The number of nitrogens with one attached hydrogen (secondary N) is 1. The number of thiazole rings is 1. The second-order valence-electron chi connectivity index (χ2n) is 7.22. The van der Waals surface area contributed by atoms with Gasteiger partial charge in [0.2, 0.25) is 0 Å². The van der Waals surface area contributed by atoms with Gasteiger partial charge in [-0.15, -0.1) is 11.3 Å². The van der Waals surface area contributed by atoms with Crippen LogP contribution < -0.4 is 5.32 Å². The van der Waals surface area contributed by atoms with Crippen molar-refractivity contribution in [2.24, 2.45) is 0 Å². The molecule has 0 radical (unpaired) electrons. The minimum absolute atomic E-state index is 0.0793. The van der Waals surface area contributed by atoms with Crippen molar-refractivity contribution in [3.8, 4) is 0 Å². The van der Waals surface area contributed by atoms with Gasteiger partial charge in [0, 0.05) is 30.4 Å². The molecule has 164 valence electrons. The van der Waals surface area contributed by atoms with Gasteiger partial charge in [-0.25, -0.2) is 4.98 Å². The number of rotatable bonds is 10. The summed E-state index contributed by atoms with van der Waals surface area (Å²) in [7, 11) is 0. The first-order chi connectivity index (χ1) is 15.0. The molecule has 31 heavy (non-hydrogen) atoms. The average molecular weight is 459 g/mol. The Kier molecular flexibility index (Phi) is 8.26. The van der Waals surface area contributed by atoms with Gasteiger partial charge in [0.05, 0.1) is 23.7 Å². The highest BCUT2D eigenvalue weighted by Crippen LogP contribution is 2.20. The number of nitrogens with zero attached hydrogens (tertiary/aromatic N) is 3. The van der Waals surface area contributed by atoms with Crippen LogP contribution in [0.15, 0.2) is 48.0 Å². The molecule has 2 amide bonds. The largest absolute Gasteiger partial charge is 0.351 e. The van der Waals surface area contributed by atoms with Gasteiger partial charge in [-0.1, -0.05) is 37.6 Å². The van der Waals surface area contributed by atoms with Crippen molar-refractivity contribution < 1.29 is 9.59 Å². The van der Waals surface area contributed by atoms with Crippen LogP contribution in [0.25, 0.3) is 0 Å². The molecule has 0 spiro atoms. The third kappa shape index (κ3) is 5.95. The van der Waals surface area contributed by atoms with Gasteiger partial charge in [0.1, 0.15) is 10.7 Å². The van der Waals surface area contributed by atoms with Crippen molar-refractivity contribution in [3.05, 3.63) is 75.0 Å². The number of amides is 2. The van der Waals surface area contributed by atoms with Crippen molar-refractivity contribution in [1.29, 1.82) is 0 Å². The molecule has 8 heteroatoms. The van der Waals surface area contributed by atoms with Crippen LogP contribution in [-0.2, 0) is 13.1 Å². The number of halogens is 1. The van der Waals surface area contributed by atoms with E-state index in [1.807, 2.05) is 49.2 Å². The number of benzene rings is 1. The van der Waals surface area contributed by atoms with Crippen LogP contribution in [0.1, 0.15) is 58.2 Å². The predicted octanol–water partition coefficient (Wildman–Crippen LogP) is 4.84. The van der Waals surface area contributed by atoms with Gasteiger partial charge in [-0.05, 0) is 37.1 Å². The molecule has 2 aromatic heterocycles. The third-order valence-electron chi connectivity index (χ3n) is 4.79. The molecule has 3 aromatic rings. The first kappa shape index (κ1) is 23.0. The molecule has 0 fully saturated rings. The summed E-state index contributed by atoms with van der Waals surface area (Å²) in [6, 6.07) is 11.1. The quantitative estimate of drug-likeness (QED) is 0.472. The Morgan fingerprint density at radius 1 is 1.16 bits per heavy atom. The predicted molar refractivity (Wildman–Crippen MR) is 125 cm³/mol. The zero-order valence-corrected chi connectivity index (χ0v) is 19.4. The highest BCUT2D eigenvalue weighted by molar-refractivity contribution is 7.09. The van der Waals surface area contributed by atoms with Crippen LogP contribution in [0.2, 0.25) is 5.02 Å². The Labute approximate surface area is 191 Å². The minimum Gasteiger partial charge on any atom is -0.351 e. The van der Waals surface area contributed by atoms with Crippen LogP contribution >= 0.6 is 22.9 Å². The lowest BCUT2D eigenvalue weighted by Gasteiger charge is -2.23. The molecule has 0 aliphatic heterocycles. The maximum atomic E-state index is 13.1. The van der Waals surface area contributed by atoms with Crippen molar-refractivity contribution in [1.82, 2.24) is 19.8 Å². The van der Waals surface area contributed by atoms with Crippen LogP contribution in [-0.4, -0.2) is 39.4 Å². The van der Waals surface area contributed by atoms with E-state index in [2.05, 4.69) is 14.9 Å². The summed E-state index contributed by atoms with van der Waals surface area (Å²) in [5, 5.41) is 5.94. The highest BCUT2D eigenvalue weighted by Gasteiger charge is 2.19. The topological polar surface area (TPSA) is 67.2 Å². The summed E-state index contributed by atoms with van der Waals surface area (Å²) in [4.78, 5) is 31.5. The van der Waals surface area contributed by atoms with E-state index in [0.29, 0.717) is 42.5 Å². The Morgan fingerprint density at radius 3 is 2.71 bits per heavy atom. The molecule has 1 aromatic carbocycles. The van der Waals surface area contributed by atoms with Crippen LogP contribution in [0.5, 0.6) is 0 Å². The first-order valence-corrected chi connectivity index (χ1v) is 11.7. The smallest absolute Gasteiger partial charge is 0.270 e. The lowest BCUT2D eigenvalue weighted by molar-refractivity contribution is 0.0739. The van der Waals surface area contributed by atoms with Gasteiger partial charge in [0.15, 0.2) is 0 Å². The fraction of sp³-hybridized carbons (Fsp3) is 0.348. The van der Waals surface area contributed by atoms with Crippen molar-refractivity contribution >= 4 is 34.8 Å². The number of aromatic nitrogens is 2. The SMILES string of the molecule is CCCNC(=O)c1csc(Cn2cccc2CN(CCC)C(=O)c2ccccc2Cl)n1. The molecule has 2 heterocycles. The normalized spacial score (nSPS) is 10.8. The van der Waals surface area contributed by atoms with Crippen molar-refractivity contribution in [3.63, 3.8) is 0 Å². The second kappa shape index (κ2) is 11.1. The minimum atomic E-state index is -0.142. The molecule has 0 unspecified atom stereocenters. The molecule has 6 nitrogen and oxygen atoms in total. The number of hydrogen-bond donors (Lipinski definition) is 1. The van der Waals surface area contributed by atoms with Crippen LogP contribution in [0, 0.1) is 0 Å². The van der Waals surface area contributed by atoms with Crippen LogP contribution in [0.4, 0.5) is 0 Å².